The van der Waals surface area contributed by atoms with Gasteiger partial charge in [0.2, 0.25) is 0 Å². The van der Waals surface area contributed by atoms with Crippen molar-refractivity contribution in [3.8, 4) is 0 Å². The number of carbonyl (C=O) groups is 1. The Labute approximate surface area is 149 Å². The van der Waals surface area contributed by atoms with E-state index in [2.05, 4.69) is 17.3 Å². The van der Waals surface area contributed by atoms with Gasteiger partial charge in [0.15, 0.2) is 0 Å². The highest BCUT2D eigenvalue weighted by Gasteiger charge is 2.53. The molecule has 1 aromatic rings. The van der Waals surface area contributed by atoms with Crippen LogP contribution < -0.4 is 10.9 Å². The van der Waals surface area contributed by atoms with Crippen LogP contribution in [0.5, 0.6) is 0 Å². The lowest BCUT2D eigenvalue weighted by molar-refractivity contribution is -0.0688. The topological polar surface area (TPSA) is 64.0 Å². The van der Waals surface area contributed by atoms with Gasteiger partial charge in [0.05, 0.1) is 0 Å². The maximum absolute atomic E-state index is 12.7. The number of rotatable bonds is 5. The van der Waals surface area contributed by atoms with Gasteiger partial charge >= 0.3 is 0 Å². The van der Waals surface area contributed by atoms with Crippen LogP contribution >= 0.6 is 0 Å². The Kier molecular flexibility index (Phi) is 4.20. The van der Waals surface area contributed by atoms with Crippen molar-refractivity contribution in [3.05, 3.63) is 28.2 Å². The third kappa shape index (κ3) is 3.02. The molecule has 4 bridgehead atoms. The van der Waals surface area contributed by atoms with E-state index < -0.39 is 0 Å². The maximum atomic E-state index is 12.7. The number of carbonyl (C=O) groups excluding carboxylic acids is 1. The van der Waals surface area contributed by atoms with Crippen LogP contribution in [-0.2, 0) is 6.54 Å². The van der Waals surface area contributed by atoms with Gasteiger partial charge in [0.25, 0.3) is 11.5 Å². The number of hydrogen-bond donors (Lipinski definition) is 1. The number of aromatic nitrogens is 2. The van der Waals surface area contributed by atoms with E-state index in [-0.39, 0.29) is 22.9 Å². The Bertz CT molecular complexity index is 689. The molecule has 4 aliphatic rings. The van der Waals surface area contributed by atoms with Gasteiger partial charge in [0, 0.05) is 18.7 Å². The molecule has 0 saturated heterocycles. The monoisotopic (exact) mass is 343 g/mol. The van der Waals surface area contributed by atoms with Crippen LogP contribution in [0, 0.1) is 23.2 Å². The summed E-state index contributed by atoms with van der Waals surface area (Å²) < 4.78 is 1.39. The Balaban J connectivity index is 1.49. The fraction of sp³-hybridized carbons (Fsp3) is 0.750. The van der Waals surface area contributed by atoms with E-state index in [0.717, 1.165) is 24.2 Å². The van der Waals surface area contributed by atoms with E-state index in [4.69, 9.17) is 0 Å². The molecule has 4 aliphatic carbocycles. The third-order valence-electron chi connectivity index (χ3n) is 6.89. The number of aryl methyl sites for hydroxylation is 1. The summed E-state index contributed by atoms with van der Waals surface area (Å²) in [4.78, 5) is 24.5. The van der Waals surface area contributed by atoms with Crippen molar-refractivity contribution in [3.63, 3.8) is 0 Å². The minimum atomic E-state index is -0.146. The molecular formula is C20H29N3O2. The first-order valence-corrected chi connectivity index (χ1v) is 9.88. The number of nitrogens with zero attached hydrogens (tertiary/aromatic N) is 2. The van der Waals surface area contributed by atoms with Gasteiger partial charge in [-0.1, -0.05) is 6.92 Å². The SMILES string of the molecule is CCCn1nc(C(=O)NC(C)C23CC4CC(CC(C4)C2)C3)ccc1=O. The van der Waals surface area contributed by atoms with E-state index in [1.165, 1.54) is 49.3 Å². The lowest BCUT2D eigenvalue weighted by Gasteiger charge is -2.59. The largest absolute Gasteiger partial charge is 0.348 e. The zero-order valence-corrected chi connectivity index (χ0v) is 15.3. The zero-order valence-electron chi connectivity index (χ0n) is 15.3. The third-order valence-corrected chi connectivity index (χ3v) is 6.89. The molecule has 0 radical (unpaired) electrons. The number of amides is 1. The van der Waals surface area contributed by atoms with Crippen molar-refractivity contribution in [1.82, 2.24) is 15.1 Å². The average molecular weight is 343 g/mol. The maximum Gasteiger partial charge on any atom is 0.271 e. The minimum Gasteiger partial charge on any atom is -0.348 e. The summed E-state index contributed by atoms with van der Waals surface area (Å²) in [6, 6.07) is 3.17. The van der Waals surface area contributed by atoms with Gasteiger partial charge in [-0.25, -0.2) is 4.68 Å². The first kappa shape index (κ1) is 16.8. The molecular weight excluding hydrogens is 314 g/mol. The molecule has 5 rings (SSSR count). The van der Waals surface area contributed by atoms with Crippen molar-refractivity contribution < 1.29 is 4.79 Å². The molecule has 1 aromatic heterocycles. The molecule has 0 spiro atoms. The van der Waals surface area contributed by atoms with Crippen LogP contribution in [0.25, 0.3) is 0 Å². The predicted octanol–water partition coefficient (Wildman–Crippen LogP) is 2.99. The first-order valence-electron chi connectivity index (χ1n) is 9.88. The van der Waals surface area contributed by atoms with Gasteiger partial charge in [0.1, 0.15) is 5.69 Å². The van der Waals surface area contributed by atoms with Crippen LogP contribution in [0.1, 0.15) is 69.3 Å². The van der Waals surface area contributed by atoms with E-state index >= 15 is 0 Å². The van der Waals surface area contributed by atoms with Crippen LogP contribution in [0.15, 0.2) is 16.9 Å². The van der Waals surface area contributed by atoms with E-state index in [1.54, 1.807) is 6.07 Å². The molecule has 1 unspecified atom stereocenters. The quantitative estimate of drug-likeness (QED) is 0.894. The van der Waals surface area contributed by atoms with Crippen molar-refractivity contribution in [2.45, 2.75) is 71.4 Å². The average Bonchev–Trinajstić information content (AvgIpc) is 2.55. The second-order valence-electron chi connectivity index (χ2n) is 8.76. The molecule has 4 saturated carbocycles. The second-order valence-corrected chi connectivity index (χ2v) is 8.76. The lowest BCUT2D eigenvalue weighted by Crippen LogP contribution is -2.56. The molecule has 0 aromatic carbocycles. The van der Waals surface area contributed by atoms with Gasteiger partial charge in [-0.05, 0) is 81.1 Å². The minimum absolute atomic E-state index is 0.145. The molecule has 1 amide bonds. The van der Waals surface area contributed by atoms with Crippen LogP contribution in [0.4, 0.5) is 0 Å². The summed E-state index contributed by atoms with van der Waals surface area (Å²) in [5.41, 5.74) is 0.486. The highest BCUT2D eigenvalue weighted by molar-refractivity contribution is 5.92. The molecule has 25 heavy (non-hydrogen) atoms. The number of hydrogen-bond acceptors (Lipinski definition) is 3. The van der Waals surface area contributed by atoms with Gasteiger partial charge in [-0.15, -0.1) is 0 Å². The fourth-order valence-corrected chi connectivity index (χ4v) is 6.07. The Morgan fingerprint density at radius 3 is 2.40 bits per heavy atom. The van der Waals surface area contributed by atoms with Gasteiger partial charge in [-0.2, -0.15) is 5.10 Å². The van der Waals surface area contributed by atoms with Crippen LogP contribution in [0.3, 0.4) is 0 Å². The van der Waals surface area contributed by atoms with E-state index in [1.807, 2.05) is 6.92 Å². The molecule has 4 fully saturated rings. The molecule has 1 atom stereocenters. The summed E-state index contributed by atoms with van der Waals surface area (Å²) >= 11 is 0. The Hall–Kier alpha value is -1.65. The summed E-state index contributed by atoms with van der Waals surface area (Å²) in [6.45, 7) is 4.72. The Morgan fingerprint density at radius 1 is 1.24 bits per heavy atom. The van der Waals surface area contributed by atoms with Crippen molar-refractivity contribution in [2.75, 3.05) is 0 Å². The van der Waals surface area contributed by atoms with Gasteiger partial charge < -0.3 is 5.32 Å². The van der Waals surface area contributed by atoms with Gasteiger partial charge in [-0.3, -0.25) is 9.59 Å². The molecule has 1 heterocycles. The van der Waals surface area contributed by atoms with Crippen LogP contribution in [-0.4, -0.2) is 21.7 Å². The van der Waals surface area contributed by atoms with Crippen molar-refractivity contribution in [1.29, 1.82) is 0 Å². The predicted molar refractivity (Wildman–Crippen MR) is 96.3 cm³/mol. The van der Waals surface area contributed by atoms with Crippen molar-refractivity contribution >= 4 is 5.91 Å². The molecule has 136 valence electrons. The zero-order chi connectivity index (χ0) is 17.6. The number of nitrogens with one attached hydrogen (secondary N) is 1. The fourth-order valence-electron chi connectivity index (χ4n) is 6.07. The first-order chi connectivity index (χ1) is 12.0. The molecule has 0 aliphatic heterocycles. The van der Waals surface area contributed by atoms with Crippen LogP contribution in [0.2, 0.25) is 0 Å². The Morgan fingerprint density at radius 2 is 1.84 bits per heavy atom. The van der Waals surface area contributed by atoms with E-state index in [9.17, 15) is 9.59 Å². The lowest BCUT2D eigenvalue weighted by atomic mass is 9.48. The van der Waals surface area contributed by atoms with E-state index in [0.29, 0.717) is 12.2 Å². The van der Waals surface area contributed by atoms with Crippen molar-refractivity contribution in [2.24, 2.45) is 23.2 Å². The second kappa shape index (κ2) is 6.26. The summed E-state index contributed by atoms with van der Waals surface area (Å²) in [5, 5.41) is 7.48. The summed E-state index contributed by atoms with van der Waals surface area (Å²) in [5.74, 6) is 2.47. The molecule has 5 nitrogen and oxygen atoms in total. The summed E-state index contributed by atoms with van der Waals surface area (Å²) in [7, 11) is 0. The molecule has 1 N–H and O–H groups in total. The highest BCUT2D eigenvalue weighted by atomic mass is 16.2. The summed E-state index contributed by atoms with van der Waals surface area (Å²) in [6.07, 6.45) is 8.84. The normalized spacial score (nSPS) is 34.1. The standard InChI is InChI=1S/C20H29N3O2/c1-3-6-23-18(24)5-4-17(22-23)19(25)21-13(2)20-10-14-7-15(11-20)9-16(8-14)12-20/h4-5,13-16H,3,6-12H2,1-2H3,(H,21,25). The highest BCUT2D eigenvalue weighted by Crippen LogP contribution is 2.61. The smallest absolute Gasteiger partial charge is 0.271 e. The molecule has 5 heteroatoms.